The number of ether oxygens (including phenoxy) is 1. The van der Waals surface area contributed by atoms with Crippen LogP contribution in [0.15, 0.2) is 48.5 Å². The topological polar surface area (TPSA) is 64.4 Å². The highest BCUT2D eigenvalue weighted by atomic mass is 32.1. The molecule has 0 spiro atoms. The highest BCUT2D eigenvalue weighted by Gasteiger charge is 2.35. The van der Waals surface area contributed by atoms with Gasteiger partial charge in [0, 0.05) is 22.4 Å². The molecule has 1 unspecified atom stereocenters. The van der Waals surface area contributed by atoms with Crippen LogP contribution in [-0.4, -0.2) is 11.5 Å². The van der Waals surface area contributed by atoms with E-state index >= 15 is 0 Å². The number of carbonyl (C=O) groups is 1. The van der Waals surface area contributed by atoms with Gasteiger partial charge in [-0.3, -0.25) is 4.79 Å². The zero-order chi connectivity index (χ0) is 17.6. The first-order chi connectivity index (χ1) is 11.9. The lowest BCUT2D eigenvalue weighted by Crippen LogP contribution is -2.41. The van der Waals surface area contributed by atoms with Gasteiger partial charge in [0.2, 0.25) is 0 Å². The fourth-order valence-electron chi connectivity index (χ4n) is 3.33. The number of rotatable bonds is 2. The Bertz CT molecular complexity index is 928. The first-order valence-corrected chi connectivity index (χ1v) is 9.11. The van der Waals surface area contributed by atoms with Crippen LogP contribution >= 0.6 is 11.3 Å². The van der Waals surface area contributed by atoms with Crippen molar-refractivity contribution in [3.05, 3.63) is 59.0 Å². The third-order valence-corrected chi connectivity index (χ3v) is 5.56. The van der Waals surface area contributed by atoms with Crippen LogP contribution in [0, 0.1) is 0 Å². The van der Waals surface area contributed by atoms with E-state index in [1.165, 1.54) is 11.3 Å². The van der Waals surface area contributed by atoms with Gasteiger partial charge < -0.3 is 15.8 Å². The summed E-state index contributed by atoms with van der Waals surface area (Å²) in [6.45, 7) is 4.07. The third kappa shape index (κ3) is 3.07. The Morgan fingerprint density at radius 2 is 2.04 bits per heavy atom. The van der Waals surface area contributed by atoms with Crippen molar-refractivity contribution in [1.82, 2.24) is 5.32 Å². The lowest BCUT2D eigenvalue weighted by atomic mass is 9.89. The summed E-state index contributed by atoms with van der Waals surface area (Å²) in [6.07, 6.45) is 0.695. The molecule has 128 valence electrons. The van der Waals surface area contributed by atoms with Crippen LogP contribution in [0.1, 0.15) is 41.5 Å². The van der Waals surface area contributed by atoms with Crippen LogP contribution in [0.5, 0.6) is 5.75 Å². The second kappa shape index (κ2) is 5.77. The summed E-state index contributed by atoms with van der Waals surface area (Å²) in [7, 11) is 0. The summed E-state index contributed by atoms with van der Waals surface area (Å²) in [6, 6.07) is 15.4. The van der Waals surface area contributed by atoms with Gasteiger partial charge in [0.1, 0.15) is 11.4 Å². The summed E-state index contributed by atoms with van der Waals surface area (Å²) in [4.78, 5) is 13.5. The number of thiophene rings is 1. The number of hydrogen-bond acceptors (Lipinski definition) is 4. The minimum absolute atomic E-state index is 0.0581. The van der Waals surface area contributed by atoms with E-state index in [-0.39, 0.29) is 17.6 Å². The molecule has 3 aromatic rings. The lowest BCUT2D eigenvalue weighted by molar-refractivity contribution is 0.0621. The Hall–Kier alpha value is -2.53. The molecule has 1 aliphatic heterocycles. The van der Waals surface area contributed by atoms with Gasteiger partial charge in [0.15, 0.2) is 0 Å². The van der Waals surface area contributed by atoms with Crippen LogP contribution in [-0.2, 0) is 0 Å². The van der Waals surface area contributed by atoms with Crippen molar-refractivity contribution in [2.75, 3.05) is 5.73 Å². The zero-order valence-corrected chi connectivity index (χ0v) is 15.0. The number of benzene rings is 2. The van der Waals surface area contributed by atoms with Gasteiger partial charge in [0.25, 0.3) is 5.91 Å². The normalized spacial score (nSPS) is 18.4. The second-order valence-corrected chi connectivity index (χ2v) is 8.12. The van der Waals surface area contributed by atoms with Gasteiger partial charge in [-0.25, -0.2) is 0 Å². The molecule has 5 heteroatoms. The molecule has 4 nitrogen and oxygen atoms in total. The summed E-state index contributed by atoms with van der Waals surface area (Å²) in [5, 5.41) is 4.26. The van der Waals surface area contributed by atoms with Gasteiger partial charge in [-0.15, -0.1) is 11.3 Å². The molecule has 1 amide bonds. The Morgan fingerprint density at radius 3 is 2.84 bits per heavy atom. The van der Waals surface area contributed by atoms with Crippen LogP contribution in [0.2, 0.25) is 0 Å². The Kier molecular flexibility index (Phi) is 3.69. The van der Waals surface area contributed by atoms with Crippen LogP contribution in [0.3, 0.4) is 0 Å². The van der Waals surface area contributed by atoms with Crippen molar-refractivity contribution in [2.24, 2.45) is 0 Å². The van der Waals surface area contributed by atoms with E-state index in [9.17, 15) is 4.79 Å². The minimum Gasteiger partial charge on any atom is -0.487 e. The fourth-order valence-corrected chi connectivity index (χ4v) is 4.29. The molecule has 0 radical (unpaired) electrons. The predicted octanol–water partition coefficient (Wildman–Crippen LogP) is 4.52. The molecular weight excluding hydrogens is 332 g/mol. The third-order valence-electron chi connectivity index (χ3n) is 4.45. The smallest absolute Gasteiger partial charge is 0.261 e. The monoisotopic (exact) mass is 352 g/mol. The molecule has 0 bridgehead atoms. The fraction of sp³-hybridized carbons (Fsp3) is 0.250. The van der Waals surface area contributed by atoms with E-state index in [4.69, 9.17) is 10.5 Å². The summed E-state index contributed by atoms with van der Waals surface area (Å²) in [5.74, 6) is 0.726. The molecule has 1 aliphatic rings. The standard InChI is InChI=1S/C20H20N2O2S/c1-20(2)11-15(14-10-13(21)7-8-16(14)24-20)22-19(23)18-9-12-5-3-4-6-17(12)25-18/h3-10,15H,11,21H2,1-2H3,(H,22,23). The van der Waals surface area contributed by atoms with Gasteiger partial charge >= 0.3 is 0 Å². The van der Waals surface area contributed by atoms with Crippen LogP contribution in [0.4, 0.5) is 5.69 Å². The van der Waals surface area contributed by atoms with Crippen molar-refractivity contribution in [1.29, 1.82) is 0 Å². The number of amides is 1. The minimum atomic E-state index is -0.346. The average Bonchev–Trinajstić information content (AvgIpc) is 2.99. The van der Waals surface area contributed by atoms with Crippen molar-refractivity contribution in [2.45, 2.75) is 31.9 Å². The van der Waals surface area contributed by atoms with Crippen LogP contribution < -0.4 is 15.8 Å². The molecule has 2 aromatic carbocycles. The summed E-state index contributed by atoms with van der Waals surface area (Å²) in [5.41, 5.74) is 7.20. The Labute approximate surface area is 150 Å². The molecule has 25 heavy (non-hydrogen) atoms. The van der Waals surface area contributed by atoms with E-state index < -0.39 is 0 Å². The molecule has 0 saturated heterocycles. The van der Waals surface area contributed by atoms with Crippen LogP contribution in [0.25, 0.3) is 10.1 Å². The maximum atomic E-state index is 12.8. The number of fused-ring (bicyclic) bond motifs is 2. The highest BCUT2D eigenvalue weighted by molar-refractivity contribution is 7.20. The summed E-state index contributed by atoms with van der Waals surface area (Å²) >= 11 is 1.51. The zero-order valence-electron chi connectivity index (χ0n) is 14.2. The van der Waals surface area contributed by atoms with Crippen molar-refractivity contribution >= 4 is 33.0 Å². The molecule has 1 atom stereocenters. The van der Waals surface area contributed by atoms with E-state index in [0.29, 0.717) is 12.1 Å². The molecule has 0 saturated carbocycles. The van der Waals surface area contributed by atoms with Gasteiger partial charge in [0.05, 0.1) is 10.9 Å². The van der Waals surface area contributed by atoms with Gasteiger partial charge in [-0.05, 0) is 49.6 Å². The van der Waals surface area contributed by atoms with E-state index in [1.807, 2.05) is 62.4 Å². The SMILES string of the molecule is CC1(C)CC(NC(=O)c2cc3ccccc3s2)c2cc(N)ccc2O1. The van der Waals surface area contributed by atoms with Gasteiger partial charge in [-0.1, -0.05) is 18.2 Å². The van der Waals surface area contributed by atoms with E-state index in [1.54, 1.807) is 0 Å². The Morgan fingerprint density at radius 1 is 1.24 bits per heavy atom. The van der Waals surface area contributed by atoms with Crippen molar-refractivity contribution in [3.8, 4) is 5.75 Å². The quantitative estimate of drug-likeness (QED) is 0.667. The number of hydrogen-bond donors (Lipinski definition) is 2. The average molecular weight is 352 g/mol. The van der Waals surface area contributed by atoms with E-state index in [0.717, 1.165) is 26.3 Å². The maximum absolute atomic E-state index is 12.8. The molecular formula is C20H20N2O2S. The molecule has 2 heterocycles. The van der Waals surface area contributed by atoms with E-state index in [2.05, 4.69) is 5.32 Å². The molecule has 4 rings (SSSR count). The molecule has 3 N–H and O–H groups in total. The number of nitrogens with one attached hydrogen (secondary N) is 1. The maximum Gasteiger partial charge on any atom is 0.261 e. The largest absolute Gasteiger partial charge is 0.487 e. The number of carbonyl (C=O) groups excluding carboxylic acids is 1. The number of anilines is 1. The first-order valence-electron chi connectivity index (χ1n) is 8.29. The molecule has 1 aromatic heterocycles. The number of nitrogens with two attached hydrogens (primary N) is 1. The molecule has 0 aliphatic carbocycles. The lowest BCUT2D eigenvalue weighted by Gasteiger charge is -2.38. The second-order valence-electron chi connectivity index (χ2n) is 7.04. The summed E-state index contributed by atoms with van der Waals surface area (Å²) < 4.78 is 7.15. The van der Waals surface area contributed by atoms with Crippen molar-refractivity contribution < 1.29 is 9.53 Å². The molecule has 0 fully saturated rings. The Balaban J connectivity index is 1.65. The number of nitrogen functional groups attached to an aromatic ring is 1. The van der Waals surface area contributed by atoms with Gasteiger partial charge in [-0.2, -0.15) is 0 Å². The predicted molar refractivity (Wildman–Crippen MR) is 102 cm³/mol. The van der Waals surface area contributed by atoms with Crippen molar-refractivity contribution in [3.63, 3.8) is 0 Å². The first kappa shape index (κ1) is 16.0. The highest BCUT2D eigenvalue weighted by Crippen LogP contribution is 2.40.